The van der Waals surface area contributed by atoms with E-state index >= 15 is 0 Å². The van der Waals surface area contributed by atoms with E-state index in [2.05, 4.69) is 4.99 Å². The molecule has 4 nitrogen and oxygen atoms in total. The van der Waals surface area contributed by atoms with Gasteiger partial charge in [-0.15, -0.1) is 0 Å². The zero-order chi connectivity index (χ0) is 18.4. The minimum Gasteiger partial charge on any atom is -0.753 e. The highest BCUT2D eigenvalue weighted by molar-refractivity contribution is 6.06. The van der Waals surface area contributed by atoms with Crippen LogP contribution in [0.25, 0.3) is 0 Å². The molecule has 0 saturated heterocycles. The fraction of sp³-hybridized carbons (Fsp3) is 0.353. The van der Waals surface area contributed by atoms with Crippen molar-refractivity contribution in [2.24, 2.45) is 10.9 Å². The van der Waals surface area contributed by atoms with E-state index in [-0.39, 0.29) is 23.3 Å². The molecule has 134 valence electrons. The van der Waals surface area contributed by atoms with Crippen LogP contribution in [0.5, 0.6) is 0 Å². The number of benzene rings is 1. The van der Waals surface area contributed by atoms with E-state index < -0.39 is 34.6 Å². The summed E-state index contributed by atoms with van der Waals surface area (Å²) in [4.78, 5) is 3.99. The predicted molar refractivity (Wildman–Crippen MR) is 84.4 cm³/mol. The van der Waals surface area contributed by atoms with E-state index in [1.807, 2.05) is 0 Å². The van der Waals surface area contributed by atoms with Crippen LogP contribution in [0, 0.1) is 16.9 Å². The Labute approximate surface area is 141 Å². The lowest BCUT2D eigenvalue weighted by molar-refractivity contribution is -0.269. The first-order chi connectivity index (χ1) is 11.7. The average molecular weight is 355 g/mol. The number of ether oxygens (including phenoxy) is 1. The zero-order valence-electron chi connectivity index (χ0n) is 13.5. The number of halogens is 4. The summed E-state index contributed by atoms with van der Waals surface area (Å²) in [5, 5.41) is 12.3. The SMILES string of the molecule is CC(C)COC1(C(F)(F)F)C2=CC=CN([O-])C2=Nc2ccc(F)cc21. The van der Waals surface area contributed by atoms with Gasteiger partial charge in [0.1, 0.15) is 11.7 Å². The average Bonchev–Trinajstić information content (AvgIpc) is 2.51. The molecule has 1 unspecified atom stereocenters. The quantitative estimate of drug-likeness (QED) is 0.747. The minimum atomic E-state index is -4.93. The van der Waals surface area contributed by atoms with Gasteiger partial charge < -0.3 is 15.0 Å². The maximum absolute atomic E-state index is 14.3. The lowest BCUT2D eigenvalue weighted by Gasteiger charge is -2.45. The molecule has 1 aromatic rings. The highest BCUT2D eigenvalue weighted by Crippen LogP contribution is 2.54. The van der Waals surface area contributed by atoms with Crippen molar-refractivity contribution in [3.8, 4) is 0 Å². The van der Waals surface area contributed by atoms with Gasteiger partial charge in [0, 0.05) is 11.1 Å². The van der Waals surface area contributed by atoms with Crippen molar-refractivity contribution in [3.05, 3.63) is 58.7 Å². The van der Waals surface area contributed by atoms with Crippen LogP contribution in [0.3, 0.4) is 0 Å². The Balaban J connectivity index is 2.32. The fourth-order valence-corrected chi connectivity index (χ4v) is 2.85. The first-order valence-electron chi connectivity index (χ1n) is 7.62. The second-order valence-electron chi connectivity index (χ2n) is 6.23. The Morgan fingerprint density at radius 3 is 2.68 bits per heavy atom. The number of hydroxylamine groups is 2. The van der Waals surface area contributed by atoms with Gasteiger partial charge >= 0.3 is 6.18 Å². The molecule has 0 N–H and O–H groups in total. The summed E-state index contributed by atoms with van der Waals surface area (Å²) in [5.41, 5.74) is -4.01. The van der Waals surface area contributed by atoms with E-state index in [0.717, 1.165) is 30.5 Å². The molecule has 0 spiro atoms. The highest BCUT2D eigenvalue weighted by Gasteiger charge is 2.63. The molecular weight excluding hydrogens is 340 g/mol. The van der Waals surface area contributed by atoms with Gasteiger partial charge in [0.05, 0.1) is 12.3 Å². The molecule has 0 bridgehead atoms. The number of fused-ring (bicyclic) bond motifs is 2. The normalized spacial score (nSPS) is 22.5. The number of aliphatic imine (C=N–C) groups is 1. The van der Waals surface area contributed by atoms with E-state index in [4.69, 9.17) is 4.74 Å². The number of allylic oxidation sites excluding steroid dienone is 2. The molecule has 1 atom stereocenters. The molecular formula is C17H15F4N2O2-. The molecule has 0 aromatic heterocycles. The van der Waals surface area contributed by atoms with Crippen LogP contribution < -0.4 is 0 Å². The Morgan fingerprint density at radius 1 is 1.32 bits per heavy atom. The minimum absolute atomic E-state index is 0.147. The van der Waals surface area contributed by atoms with Crippen molar-refractivity contribution in [3.63, 3.8) is 0 Å². The lowest BCUT2D eigenvalue weighted by Crippen LogP contribution is -2.52. The maximum atomic E-state index is 14.3. The Hall–Kier alpha value is -2.19. The summed E-state index contributed by atoms with van der Waals surface area (Å²) < 4.78 is 61.9. The van der Waals surface area contributed by atoms with E-state index in [9.17, 15) is 22.8 Å². The topological polar surface area (TPSA) is 47.9 Å². The van der Waals surface area contributed by atoms with Gasteiger partial charge in [0.2, 0.25) is 5.60 Å². The zero-order valence-corrected chi connectivity index (χ0v) is 13.5. The standard InChI is InChI=1S/C17H15F4N2O2/c1-10(2)9-25-16(17(19,20)21)12-4-3-7-23(24)15(12)22-14-6-5-11(18)8-13(14)16/h3-8,10H,9H2,1-2H3/q-1. The van der Waals surface area contributed by atoms with Crippen LogP contribution in [0.15, 0.2) is 47.1 Å². The number of alkyl halides is 3. The van der Waals surface area contributed by atoms with Gasteiger partial charge in [-0.1, -0.05) is 19.9 Å². The third-order valence-electron chi connectivity index (χ3n) is 3.91. The summed E-state index contributed by atoms with van der Waals surface area (Å²) in [6, 6.07) is 2.87. The molecule has 0 saturated carbocycles. The summed E-state index contributed by atoms with van der Waals surface area (Å²) in [7, 11) is 0. The second kappa shape index (κ2) is 5.96. The number of hydrogen-bond acceptors (Lipinski definition) is 4. The van der Waals surface area contributed by atoms with Crippen LogP contribution in [0.4, 0.5) is 23.2 Å². The second-order valence-corrected chi connectivity index (χ2v) is 6.23. The fourth-order valence-electron chi connectivity index (χ4n) is 2.85. The molecule has 3 rings (SSSR count). The van der Waals surface area contributed by atoms with Gasteiger partial charge in [0.25, 0.3) is 0 Å². The number of hydrogen-bond donors (Lipinski definition) is 0. The molecule has 8 heteroatoms. The first-order valence-corrected chi connectivity index (χ1v) is 7.62. The maximum Gasteiger partial charge on any atom is 0.426 e. The van der Waals surface area contributed by atoms with Crippen molar-refractivity contribution < 1.29 is 22.3 Å². The van der Waals surface area contributed by atoms with Crippen molar-refractivity contribution >= 4 is 11.5 Å². The monoisotopic (exact) mass is 355 g/mol. The number of amidine groups is 1. The van der Waals surface area contributed by atoms with E-state index in [1.54, 1.807) is 13.8 Å². The molecule has 25 heavy (non-hydrogen) atoms. The summed E-state index contributed by atoms with van der Waals surface area (Å²) in [5.74, 6) is -1.46. The predicted octanol–water partition coefficient (Wildman–Crippen LogP) is 4.55. The van der Waals surface area contributed by atoms with Gasteiger partial charge in [-0.05, 0) is 36.4 Å². The van der Waals surface area contributed by atoms with Crippen LogP contribution in [0.2, 0.25) is 0 Å². The van der Waals surface area contributed by atoms with Crippen LogP contribution >= 0.6 is 0 Å². The van der Waals surface area contributed by atoms with Gasteiger partial charge in [-0.25, -0.2) is 9.38 Å². The Kier molecular flexibility index (Phi) is 4.20. The van der Waals surface area contributed by atoms with Gasteiger partial charge in [-0.2, -0.15) is 13.2 Å². The van der Waals surface area contributed by atoms with Crippen molar-refractivity contribution in [1.82, 2.24) is 5.06 Å². The molecule has 2 aliphatic heterocycles. The van der Waals surface area contributed by atoms with Gasteiger partial charge in [-0.3, -0.25) is 0 Å². The third-order valence-corrected chi connectivity index (χ3v) is 3.91. The molecule has 0 radical (unpaired) electrons. The van der Waals surface area contributed by atoms with Crippen LogP contribution in [0.1, 0.15) is 19.4 Å². The molecule has 2 aliphatic rings. The molecule has 0 fully saturated rings. The molecule has 2 heterocycles. The van der Waals surface area contributed by atoms with Crippen molar-refractivity contribution in [2.45, 2.75) is 25.6 Å². The van der Waals surface area contributed by atoms with Gasteiger partial charge in [0.15, 0.2) is 0 Å². The van der Waals surface area contributed by atoms with E-state index in [1.165, 1.54) is 6.08 Å². The Morgan fingerprint density at radius 2 is 2.04 bits per heavy atom. The smallest absolute Gasteiger partial charge is 0.426 e. The summed E-state index contributed by atoms with van der Waals surface area (Å²) in [6.45, 7) is 3.16. The molecule has 0 aliphatic carbocycles. The summed E-state index contributed by atoms with van der Waals surface area (Å²) >= 11 is 0. The number of nitrogens with zero attached hydrogens (tertiary/aromatic N) is 2. The Bertz CT molecular complexity index is 783. The summed E-state index contributed by atoms with van der Waals surface area (Å²) in [6.07, 6.45) is -1.55. The van der Waals surface area contributed by atoms with Crippen LogP contribution in [-0.4, -0.2) is 23.7 Å². The van der Waals surface area contributed by atoms with Crippen molar-refractivity contribution in [1.29, 1.82) is 0 Å². The lowest BCUT2D eigenvalue weighted by atomic mass is 9.80. The van der Waals surface area contributed by atoms with Crippen molar-refractivity contribution in [2.75, 3.05) is 6.61 Å². The largest absolute Gasteiger partial charge is 0.753 e. The third kappa shape index (κ3) is 2.75. The van der Waals surface area contributed by atoms with Crippen LogP contribution in [-0.2, 0) is 10.3 Å². The highest BCUT2D eigenvalue weighted by atomic mass is 19.4. The molecule has 0 amide bonds. The first kappa shape index (κ1) is 17.6. The molecule has 1 aromatic carbocycles. The van der Waals surface area contributed by atoms with E-state index in [0.29, 0.717) is 0 Å². The number of rotatable bonds is 3.